The van der Waals surface area contributed by atoms with Crippen molar-refractivity contribution in [3.05, 3.63) is 53.6 Å². The van der Waals surface area contributed by atoms with E-state index in [1.165, 1.54) is 12.1 Å². The normalized spacial score (nSPS) is 9.85. The number of hydrogen-bond acceptors (Lipinski definition) is 3. The number of benzene rings is 2. The van der Waals surface area contributed by atoms with Crippen LogP contribution in [-0.4, -0.2) is 16.9 Å². The molecule has 2 rings (SSSR count). The first-order chi connectivity index (χ1) is 9.56. The van der Waals surface area contributed by atoms with E-state index in [1.54, 1.807) is 36.4 Å². The van der Waals surface area contributed by atoms with Crippen LogP contribution in [0.15, 0.2) is 48.5 Å². The Labute approximate surface area is 120 Å². The van der Waals surface area contributed by atoms with E-state index in [4.69, 9.17) is 11.6 Å². The molecule has 6 heteroatoms. The van der Waals surface area contributed by atoms with Crippen LogP contribution in [0.3, 0.4) is 0 Å². The Morgan fingerprint density at radius 3 is 2.15 bits per heavy atom. The summed E-state index contributed by atoms with van der Waals surface area (Å²) in [6, 6.07) is 12.5. The van der Waals surface area contributed by atoms with Crippen LogP contribution < -0.4 is 10.6 Å². The quantitative estimate of drug-likeness (QED) is 0.587. The fourth-order valence-electron chi connectivity index (χ4n) is 1.48. The van der Waals surface area contributed by atoms with Gasteiger partial charge in [0.15, 0.2) is 0 Å². The number of phenols is 1. The molecule has 0 fully saturated rings. The van der Waals surface area contributed by atoms with Crippen molar-refractivity contribution in [3.8, 4) is 5.75 Å². The lowest BCUT2D eigenvalue weighted by Crippen LogP contribution is -2.29. The van der Waals surface area contributed by atoms with E-state index < -0.39 is 11.8 Å². The van der Waals surface area contributed by atoms with Gasteiger partial charge in [-0.1, -0.05) is 23.7 Å². The highest BCUT2D eigenvalue weighted by Gasteiger charge is 2.15. The van der Waals surface area contributed by atoms with E-state index >= 15 is 0 Å². The van der Waals surface area contributed by atoms with Gasteiger partial charge in [-0.2, -0.15) is 0 Å². The zero-order chi connectivity index (χ0) is 14.5. The SMILES string of the molecule is O=C(Nc1ccc(Cl)cc1)C(=O)Nc1ccccc1O. The van der Waals surface area contributed by atoms with Crippen molar-refractivity contribution < 1.29 is 14.7 Å². The summed E-state index contributed by atoms with van der Waals surface area (Å²) in [6.45, 7) is 0. The zero-order valence-electron chi connectivity index (χ0n) is 10.3. The van der Waals surface area contributed by atoms with Gasteiger partial charge in [-0.3, -0.25) is 9.59 Å². The van der Waals surface area contributed by atoms with Crippen LogP contribution >= 0.6 is 11.6 Å². The van der Waals surface area contributed by atoms with Crippen LogP contribution in [0, 0.1) is 0 Å². The minimum absolute atomic E-state index is 0.111. The molecule has 0 saturated carbocycles. The zero-order valence-corrected chi connectivity index (χ0v) is 11.0. The molecule has 0 aliphatic rings. The molecule has 0 aliphatic carbocycles. The third kappa shape index (κ3) is 3.49. The highest BCUT2D eigenvalue weighted by atomic mass is 35.5. The van der Waals surface area contributed by atoms with Crippen molar-refractivity contribution in [2.75, 3.05) is 10.6 Å². The summed E-state index contributed by atoms with van der Waals surface area (Å²) in [5.74, 6) is -1.82. The average molecular weight is 291 g/mol. The van der Waals surface area contributed by atoms with Gasteiger partial charge in [0.2, 0.25) is 0 Å². The smallest absolute Gasteiger partial charge is 0.314 e. The lowest BCUT2D eigenvalue weighted by molar-refractivity contribution is -0.133. The molecule has 0 spiro atoms. The fourth-order valence-corrected chi connectivity index (χ4v) is 1.61. The molecule has 2 aromatic rings. The van der Waals surface area contributed by atoms with E-state index in [0.717, 1.165) is 0 Å². The number of hydrogen-bond donors (Lipinski definition) is 3. The molecule has 0 aromatic heterocycles. The molecule has 0 radical (unpaired) electrons. The van der Waals surface area contributed by atoms with Crippen LogP contribution in [0.4, 0.5) is 11.4 Å². The second-order valence-electron chi connectivity index (χ2n) is 3.93. The Morgan fingerprint density at radius 2 is 1.50 bits per heavy atom. The molecule has 2 amide bonds. The second-order valence-corrected chi connectivity index (χ2v) is 4.37. The van der Waals surface area contributed by atoms with Crippen molar-refractivity contribution in [2.24, 2.45) is 0 Å². The summed E-state index contributed by atoms with van der Waals surface area (Å²) in [6.07, 6.45) is 0. The average Bonchev–Trinajstić information content (AvgIpc) is 2.44. The summed E-state index contributed by atoms with van der Waals surface area (Å²) in [7, 11) is 0. The molecule has 2 aromatic carbocycles. The number of rotatable bonds is 2. The van der Waals surface area contributed by atoms with Gasteiger partial charge in [0, 0.05) is 10.7 Å². The first kappa shape index (κ1) is 13.9. The van der Waals surface area contributed by atoms with Crippen LogP contribution in [0.1, 0.15) is 0 Å². The topological polar surface area (TPSA) is 78.4 Å². The molecular weight excluding hydrogens is 280 g/mol. The van der Waals surface area contributed by atoms with Crippen LogP contribution in [-0.2, 0) is 9.59 Å². The summed E-state index contributed by atoms with van der Waals surface area (Å²) in [5, 5.41) is 14.8. The van der Waals surface area contributed by atoms with Crippen LogP contribution in [0.2, 0.25) is 5.02 Å². The molecule has 20 heavy (non-hydrogen) atoms. The third-order valence-electron chi connectivity index (χ3n) is 2.46. The molecule has 0 unspecified atom stereocenters. The van der Waals surface area contributed by atoms with Gasteiger partial charge in [0.05, 0.1) is 5.69 Å². The van der Waals surface area contributed by atoms with E-state index in [-0.39, 0.29) is 11.4 Å². The number of anilines is 2. The van der Waals surface area contributed by atoms with Gasteiger partial charge in [-0.15, -0.1) is 0 Å². The van der Waals surface area contributed by atoms with E-state index in [0.29, 0.717) is 10.7 Å². The molecular formula is C14H11ClN2O3. The van der Waals surface area contributed by atoms with Crippen LogP contribution in [0.25, 0.3) is 0 Å². The Bertz CT molecular complexity index is 641. The van der Waals surface area contributed by atoms with Crippen molar-refractivity contribution >= 4 is 34.8 Å². The Kier molecular flexibility index (Phi) is 4.22. The highest BCUT2D eigenvalue weighted by molar-refractivity contribution is 6.43. The van der Waals surface area contributed by atoms with Gasteiger partial charge < -0.3 is 15.7 Å². The first-order valence-corrected chi connectivity index (χ1v) is 6.10. The number of phenolic OH excluding ortho intramolecular Hbond substituents is 1. The molecule has 102 valence electrons. The predicted octanol–water partition coefficient (Wildman–Crippen LogP) is 2.62. The fraction of sp³-hybridized carbons (Fsp3) is 0. The Morgan fingerprint density at radius 1 is 0.900 bits per heavy atom. The van der Waals surface area contributed by atoms with Crippen molar-refractivity contribution in [2.45, 2.75) is 0 Å². The van der Waals surface area contributed by atoms with Crippen molar-refractivity contribution in [3.63, 3.8) is 0 Å². The van der Waals surface area contributed by atoms with Gasteiger partial charge in [0.25, 0.3) is 0 Å². The number of amides is 2. The van der Waals surface area contributed by atoms with E-state index in [2.05, 4.69) is 10.6 Å². The number of aromatic hydroxyl groups is 1. The molecule has 0 bridgehead atoms. The number of nitrogens with one attached hydrogen (secondary N) is 2. The molecule has 0 atom stereocenters. The standard InChI is InChI=1S/C14H11ClN2O3/c15-9-5-7-10(8-6-9)16-13(19)14(20)17-11-3-1-2-4-12(11)18/h1-8,18H,(H,16,19)(H,17,20). The van der Waals surface area contributed by atoms with Crippen LogP contribution in [0.5, 0.6) is 5.75 Å². The monoisotopic (exact) mass is 290 g/mol. The lowest BCUT2D eigenvalue weighted by atomic mass is 10.3. The minimum Gasteiger partial charge on any atom is -0.506 e. The predicted molar refractivity (Wildman–Crippen MR) is 76.8 cm³/mol. The van der Waals surface area contributed by atoms with E-state index in [1.807, 2.05) is 0 Å². The summed E-state index contributed by atoms with van der Waals surface area (Å²) in [5.41, 5.74) is 0.621. The molecule has 0 saturated heterocycles. The molecule has 5 nitrogen and oxygen atoms in total. The van der Waals surface area contributed by atoms with Gasteiger partial charge in [-0.25, -0.2) is 0 Å². The van der Waals surface area contributed by atoms with Crippen molar-refractivity contribution in [1.82, 2.24) is 0 Å². The maximum absolute atomic E-state index is 11.7. The maximum Gasteiger partial charge on any atom is 0.314 e. The lowest BCUT2D eigenvalue weighted by Gasteiger charge is -2.07. The molecule has 0 aliphatic heterocycles. The molecule has 0 heterocycles. The highest BCUT2D eigenvalue weighted by Crippen LogP contribution is 2.21. The number of para-hydroxylation sites is 2. The minimum atomic E-state index is -0.874. The number of halogens is 1. The summed E-state index contributed by atoms with van der Waals surface area (Å²) in [4.78, 5) is 23.4. The number of carbonyl (C=O) groups is 2. The number of carbonyl (C=O) groups excluding carboxylic acids is 2. The maximum atomic E-state index is 11.7. The second kappa shape index (κ2) is 6.08. The Balaban J connectivity index is 2.01. The van der Waals surface area contributed by atoms with Gasteiger partial charge in [0.1, 0.15) is 5.75 Å². The van der Waals surface area contributed by atoms with Gasteiger partial charge >= 0.3 is 11.8 Å². The first-order valence-electron chi connectivity index (χ1n) is 5.72. The molecule has 3 N–H and O–H groups in total. The largest absolute Gasteiger partial charge is 0.506 e. The Hall–Kier alpha value is -2.53. The van der Waals surface area contributed by atoms with E-state index in [9.17, 15) is 14.7 Å². The van der Waals surface area contributed by atoms with Gasteiger partial charge in [-0.05, 0) is 36.4 Å². The third-order valence-corrected chi connectivity index (χ3v) is 2.71. The summed E-state index contributed by atoms with van der Waals surface area (Å²) >= 11 is 5.72. The summed E-state index contributed by atoms with van der Waals surface area (Å²) < 4.78 is 0. The van der Waals surface area contributed by atoms with Crippen molar-refractivity contribution in [1.29, 1.82) is 0 Å².